The van der Waals surface area contributed by atoms with Crippen molar-refractivity contribution in [2.45, 2.75) is 65.1 Å². The Hall–Kier alpha value is -0.860. The molecule has 1 aromatic rings. The molecule has 2 nitrogen and oxygen atoms in total. The first-order chi connectivity index (χ1) is 9.74. The minimum absolute atomic E-state index is 0.582. The van der Waals surface area contributed by atoms with Crippen LogP contribution in [0, 0.1) is 0 Å². The van der Waals surface area contributed by atoms with Gasteiger partial charge in [0.05, 0.1) is 0 Å². The summed E-state index contributed by atoms with van der Waals surface area (Å²) in [7, 11) is 0. The lowest BCUT2D eigenvalue weighted by atomic mass is 9.96. The Labute approximate surface area is 124 Å². The number of nitrogens with one attached hydrogen (secondary N) is 1. The van der Waals surface area contributed by atoms with Crippen LogP contribution >= 0.6 is 0 Å². The van der Waals surface area contributed by atoms with Crippen LogP contribution in [0.2, 0.25) is 0 Å². The van der Waals surface area contributed by atoms with E-state index >= 15 is 0 Å². The Balaban J connectivity index is 2.18. The zero-order valence-corrected chi connectivity index (χ0v) is 13.4. The highest BCUT2D eigenvalue weighted by molar-refractivity contribution is 5.31. The quantitative estimate of drug-likeness (QED) is 0.785. The zero-order chi connectivity index (χ0) is 14.4. The molecule has 0 saturated heterocycles. The summed E-state index contributed by atoms with van der Waals surface area (Å²) in [6.07, 6.45) is 5.19. The zero-order valence-electron chi connectivity index (χ0n) is 13.4. The number of rotatable bonds is 6. The number of hydrogen-bond donors (Lipinski definition) is 1. The van der Waals surface area contributed by atoms with Gasteiger partial charge in [0.2, 0.25) is 0 Å². The maximum absolute atomic E-state index is 3.57. The van der Waals surface area contributed by atoms with Gasteiger partial charge in [-0.1, -0.05) is 44.0 Å². The fourth-order valence-corrected chi connectivity index (χ4v) is 3.30. The van der Waals surface area contributed by atoms with Crippen molar-refractivity contribution in [3.63, 3.8) is 0 Å². The lowest BCUT2D eigenvalue weighted by molar-refractivity contribution is 0.143. The van der Waals surface area contributed by atoms with Crippen LogP contribution in [0.1, 0.15) is 63.6 Å². The number of unbranched alkanes of at least 4 members (excludes halogenated alkanes) is 2. The second-order valence-electron chi connectivity index (χ2n) is 6.22. The summed E-state index contributed by atoms with van der Waals surface area (Å²) < 4.78 is 0. The molecule has 2 rings (SSSR count). The third kappa shape index (κ3) is 3.83. The third-order valence-electron chi connectivity index (χ3n) is 4.41. The summed E-state index contributed by atoms with van der Waals surface area (Å²) >= 11 is 0. The average molecular weight is 274 g/mol. The van der Waals surface area contributed by atoms with Crippen LogP contribution in [0.3, 0.4) is 0 Å². The molecule has 1 N–H and O–H groups in total. The molecule has 2 heteroatoms. The molecular formula is C18H30N2. The van der Waals surface area contributed by atoms with E-state index in [1.54, 1.807) is 5.56 Å². The van der Waals surface area contributed by atoms with Crippen molar-refractivity contribution in [1.29, 1.82) is 0 Å². The summed E-state index contributed by atoms with van der Waals surface area (Å²) in [5, 5.41) is 3.57. The van der Waals surface area contributed by atoms with E-state index in [2.05, 4.69) is 55.3 Å². The molecule has 1 atom stereocenters. The van der Waals surface area contributed by atoms with Crippen molar-refractivity contribution in [2.24, 2.45) is 0 Å². The van der Waals surface area contributed by atoms with E-state index in [4.69, 9.17) is 0 Å². The maximum Gasteiger partial charge on any atom is 0.0366 e. The van der Waals surface area contributed by atoms with Crippen molar-refractivity contribution in [2.75, 3.05) is 13.1 Å². The number of benzene rings is 1. The van der Waals surface area contributed by atoms with Crippen molar-refractivity contribution in [3.05, 3.63) is 35.4 Å². The number of nitrogens with zero attached hydrogens (tertiary/aromatic N) is 1. The first-order valence-corrected chi connectivity index (χ1v) is 8.28. The SMILES string of the molecule is CCCCCN(C(C)C)C1CCNCc2ccccc21. The Morgan fingerprint density at radius 1 is 1.25 bits per heavy atom. The van der Waals surface area contributed by atoms with Crippen molar-refractivity contribution < 1.29 is 0 Å². The van der Waals surface area contributed by atoms with Crippen LogP contribution in [0.4, 0.5) is 0 Å². The molecule has 0 fully saturated rings. The van der Waals surface area contributed by atoms with E-state index in [1.165, 1.54) is 37.8 Å². The fraction of sp³-hybridized carbons (Fsp3) is 0.667. The largest absolute Gasteiger partial charge is 0.313 e. The minimum Gasteiger partial charge on any atom is -0.313 e. The second-order valence-corrected chi connectivity index (χ2v) is 6.22. The topological polar surface area (TPSA) is 15.3 Å². The fourth-order valence-electron chi connectivity index (χ4n) is 3.30. The standard InChI is InChI=1S/C18H30N2/c1-4-5-8-13-20(15(2)3)18-11-12-19-14-16-9-6-7-10-17(16)18/h6-7,9-10,15,18-19H,4-5,8,11-14H2,1-3H3. The van der Waals surface area contributed by atoms with E-state index < -0.39 is 0 Å². The first-order valence-electron chi connectivity index (χ1n) is 8.28. The van der Waals surface area contributed by atoms with Gasteiger partial charge in [0.1, 0.15) is 0 Å². The average Bonchev–Trinajstić information content (AvgIpc) is 2.66. The molecule has 112 valence electrons. The molecule has 0 amide bonds. The van der Waals surface area contributed by atoms with E-state index in [-0.39, 0.29) is 0 Å². The van der Waals surface area contributed by atoms with Crippen LogP contribution in [0.5, 0.6) is 0 Å². The Bertz CT molecular complexity index is 400. The van der Waals surface area contributed by atoms with E-state index in [0.717, 1.165) is 13.1 Å². The van der Waals surface area contributed by atoms with Crippen LogP contribution in [-0.4, -0.2) is 24.0 Å². The Morgan fingerprint density at radius 3 is 2.80 bits per heavy atom. The van der Waals surface area contributed by atoms with Crippen LogP contribution < -0.4 is 5.32 Å². The molecule has 0 aliphatic carbocycles. The predicted octanol–water partition coefficient (Wildman–Crippen LogP) is 4.12. The number of fused-ring (bicyclic) bond motifs is 1. The van der Waals surface area contributed by atoms with Gasteiger partial charge in [-0.15, -0.1) is 0 Å². The van der Waals surface area contributed by atoms with Gasteiger partial charge < -0.3 is 5.32 Å². The van der Waals surface area contributed by atoms with E-state index in [9.17, 15) is 0 Å². The lowest BCUT2D eigenvalue weighted by Gasteiger charge is -2.35. The molecule has 0 saturated carbocycles. The van der Waals surface area contributed by atoms with E-state index in [1.807, 2.05) is 0 Å². The van der Waals surface area contributed by atoms with Gasteiger partial charge >= 0.3 is 0 Å². The van der Waals surface area contributed by atoms with Crippen LogP contribution in [-0.2, 0) is 6.54 Å². The van der Waals surface area contributed by atoms with Gasteiger partial charge in [-0.3, -0.25) is 4.90 Å². The van der Waals surface area contributed by atoms with Gasteiger partial charge in [0, 0.05) is 18.6 Å². The predicted molar refractivity (Wildman–Crippen MR) is 86.9 cm³/mol. The maximum atomic E-state index is 3.57. The molecule has 0 bridgehead atoms. The molecule has 1 aromatic carbocycles. The first kappa shape index (κ1) is 15.5. The molecule has 0 radical (unpaired) electrons. The summed E-state index contributed by atoms with van der Waals surface area (Å²) in [6, 6.07) is 10.2. The molecule has 1 unspecified atom stereocenters. The number of hydrogen-bond acceptors (Lipinski definition) is 2. The highest BCUT2D eigenvalue weighted by atomic mass is 15.2. The van der Waals surface area contributed by atoms with Gasteiger partial charge in [-0.2, -0.15) is 0 Å². The monoisotopic (exact) mass is 274 g/mol. The van der Waals surface area contributed by atoms with Gasteiger partial charge in [-0.05, 0) is 50.9 Å². The van der Waals surface area contributed by atoms with Gasteiger partial charge in [0.25, 0.3) is 0 Å². The summed E-state index contributed by atoms with van der Waals surface area (Å²) in [4.78, 5) is 2.71. The Kier molecular flexibility index (Phi) is 6.06. The summed E-state index contributed by atoms with van der Waals surface area (Å²) in [5.74, 6) is 0. The minimum atomic E-state index is 0.582. The van der Waals surface area contributed by atoms with Crippen molar-refractivity contribution in [3.8, 4) is 0 Å². The van der Waals surface area contributed by atoms with Crippen LogP contribution in [0.15, 0.2) is 24.3 Å². The normalized spacial score (nSPS) is 19.1. The molecule has 1 aliphatic heterocycles. The van der Waals surface area contributed by atoms with Crippen molar-refractivity contribution in [1.82, 2.24) is 10.2 Å². The lowest BCUT2D eigenvalue weighted by Crippen LogP contribution is -2.36. The summed E-state index contributed by atoms with van der Waals surface area (Å²) in [6.45, 7) is 10.3. The second kappa shape index (κ2) is 7.80. The molecule has 0 spiro atoms. The molecular weight excluding hydrogens is 244 g/mol. The van der Waals surface area contributed by atoms with E-state index in [0.29, 0.717) is 12.1 Å². The smallest absolute Gasteiger partial charge is 0.0366 e. The molecule has 1 aliphatic rings. The van der Waals surface area contributed by atoms with Gasteiger partial charge in [-0.25, -0.2) is 0 Å². The highest BCUT2D eigenvalue weighted by Crippen LogP contribution is 2.30. The highest BCUT2D eigenvalue weighted by Gasteiger charge is 2.25. The molecule has 20 heavy (non-hydrogen) atoms. The summed E-state index contributed by atoms with van der Waals surface area (Å²) in [5.41, 5.74) is 3.03. The van der Waals surface area contributed by atoms with Gasteiger partial charge in [0.15, 0.2) is 0 Å². The molecule has 0 aromatic heterocycles. The molecule has 1 heterocycles. The van der Waals surface area contributed by atoms with Crippen LogP contribution in [0.25, 0.3) is 0 Å². The Morgan fingerprint density at radius 2 is 2.05 bits per heavy atom. The van der Waals surface area contributed by atoms with Crippen molar-refractivity contribution >= 4 is 0 Å². The third-order valence-corrected chi connectivity index (χ3v) is 4.41.